The van der Waals surface area contributed by atoms with Crippen LogP contribution in [0.15, 0.2) is 24.3 Å². The van der Waals surface area contributed by atoms with Crippen molar-refractivity contribution >= 4 is 29.9 Å². The minimum Gasteiger partial charge on any atom is -0.399 e. The van der Waals surface area contributed by atoms with E-state index in [1.165, 1.54) is 4.90 Å². The Kier molecular flexibility index (Phi) is 6.06. The van der Waals surface area contributed by atoms with Crippen molar-refractivity contribution in [3.63, 3.8) is 0 Å². The topological polar surface area (TPSA) is 75.4 Å². The van der Waals surface area contributed by atoms with E-state index in [-0.39, 0.29) is 30.8 Å². The first kappa shape index (κ1) is 15.2. The van der Waals surface area contributed by atoms with Crippen molar-refractivity contribution in [2.75, 3.05) is 26.4 Å². The second kappa shape index (κ2) is 6.75. The third-order valence-corrected chi connectivity index (χ3v) is 2.07. The molecule has 0 aliphatic heterocycles. The van der Waals surface area contributed by atoms with Crippen molar-refractivity contribution in [3.05, 3.63) is 29.8 Å². The quantitative estimate of drug-likeness (QED) is 0.775. The number of nitrogens with zero attached hydrogens (tertiary/aromatic N) is 1. The minimum absolute atomic E-state index is 0. The molecule has 1 aromatic rings. The van der Waals surface area contributed by atoms with Gasteiger partial charge in [0.2, 0.25) is 5.91 Å². The van der Waals surface area contributed by atoms with E-state index in [2.05, 4.69) is 5.32 Å². The molecule has 3 N–H and O–H groups in total. The van der Waals surface area contributed by atoms with E-state index in [0.717, 1.165) is 0 Å². The van der Waals surface area contributed by atoms with Crippen LogP contribution in [0, 0.1) is 0 Å². The number of hydrogen-bond donors (Lipinski definition) is 2. The number of rotatable bonds is 3. The van der Waals surface area contributed by atoms with E-state index < -0.39 is 0 Å². The fraction of sp³-hybridized carbons (Fsp3) is 0.273. The summed E-state index contributed by atoms with van der Waals surface area (Å²) in [6.45, 7) is -0.00376. The van der Waals surface area contributed by atoms with Gasteiger partial charge in [-0.25, -0.2) is 0 Å². The molecule has 0 aromatic heterocycles. The van der Waals surface area contributed by atoms with E-state index in [4.69, 9.17) is 5.73 Å². The predicted octanol–water partition coefficient (Wildman–Crippen LogP) is 0.509. The molecule has 0 fully saturated rings. The minimum atomic E-state index is -0.282. The number of nitrogens with two attached hydrogens (primary N) is 1. The number of amides is 2. The highest BCUT2D eigenvalue weighted by Gasteiger charge is 2.08. The van der Waals surface area contributed by atoms with E-state index in [9.17, 15) is 9.59 Å². The molecule has 0 atom stereocenters. The second-order valence-electron chi connectivity index (χ2n) is 3.59. The summed E-state index contributed by atoms with van der Waals surface area (Å²) in [5.74, 6) is -0.431. The first-order valence-electron chi connectivity index (χ1n) is 4.84. The SMILES string of the molecule is CN(C)C(=O)CNC(=O)c1ccc(N)cc1.Cl. The molecule has 0 spiro atoms. The maximum atomic E-state index is 11.6. The van der Waals surface area contributed by atoms with Crippen LogP contribution in [-0.4, -0.2) is 37.4 Å². The molecule has 0 saturated heterocycles. The Bertz CT molecular complexity index is 390. The summed E-state index contributed by atoms with van der Waals surface area (Å²) in [6, 6.07) is 6.51. The lowest BCUT2D eigenvalue weighted by atomic mass is 10.2. The van der Waals surface area contributed by atoms with Gasteiger partial charge in [-0.15, -0.1) is 12.4 Å². The number of likely N-dealkylation sites (N-methyl/N-ethyl adjacent to an activating group) is 1. The zero-order valence-electron chi connectivity index (χ0n) is 9.77. The number of hydrogen-bond acceptors (Lipinski definition) is 3. The molecular weight excluding hydrogens is 242 g/mol. The third kappa shape index (κ3) is 4.74. The van der Waals surface area contributed by atoms with Gasteiger partial charge in [0.15, 0.2) is 0 Å². The van der Waals surface area contributed by atoms with Crippen molar-refractivity contribution in [2.24, 2.45) is 0 Å². The highest BCUT2D eigenvalue weighted by Crippen LogP contribution is 2.04. The lowest BCUT2D eigenvalue weighted by Gasteiger charge is -2.10. The van der Waals surface area contributed by atoms with Gasteiger partial charge in [0.1, 0.15) is 0 Å². The monoisotopic (exact) mass is 257 g/mol. The average Bonchev–Trinajstić information content (AvgIpc) is 2.26. The zero-order valence-corrected chi connectivity index (χ0v) is 10.6. The van der Waals surface area contributed by atoms with Crippen molar-refractivity contribution in [3.8, 4) is 0 Å². The van der Waals surface area contributed by atoms with Crippen molar-refractivity contribution in [1.82, 2.24) is 10.2 Å². The molecule has 0 saturated carbocycles. The molecule has 0 unspecified atom stereocenters. The maximum absolute atomic E-state index is 11.6. The van der Waals surface area contributed by atoms with E-state index >= 15 is 0 Å². The summed E-state index contributed by atoms with van der Waals surface area (Å²) < 4.78 is 0. The average molecular weight is 258 g/mol. The Morgan fingerprint density at radius 1 is 1.24 bits per heavy atom. The molecule has 17 heavy (non-hydrogen) atoms. The zero-order chi connectivity index (χ0) is 12.1. The van der Waals surface area contributed by atoms with E-state index in [1.54, 1.807) is 38.4 Å². The summed E-state index contributed by atoms with van der Waals surface area (Å²) in [5.41, 5.74) is 6.58. The van der Waals surface area contributed by atoms with Crippen LogP contribution in [-0.2, 0) is 4.79 Å². The van der Waals surface area contributed by atoms with E-state index in [0.29, 0.717) is 11.3 Å². The van der Waals surface area contributed by atoms with Crippen LogP contribution >= 0.6 is 12.4 Å². The second-order valence-corrected chi connectivity index (χ2v) is 3.59. The Morgan fingerprint density at radius 2 is 1.76 bits per heavy atom. The molecule has 0 radical (unpaired) electrons. The van der Waals surface area contributed by atoms with Crippen LogP contribution in [0.25, 0.3) is 0 Å². The molecule has 0 aliphatic carbocycles. The molecule has 5 nitrogen and oxygen atoms in total. The standard InChI is InChI=1S/C11H15N3O2.ClH/c1-14(2)10(15)7-13-11(16)8-3-5-9(12)6-4-8;/h3-6H,7,12H2,1-2H3,(H,13,16);1H. The number of halogens is 1. The van der Waals surface area contributed by atoms with Crippen LogP contribution in [0.3, 0.4) is 0 Å². The summed E-state index contributed by atoms with van der Waals surface area (Å²) in [5, 5.41) is 2.53. The van der Waals surface area contributed by atoms with Gasteiger partial charge >= 0.3 is 0 Å². The first-order chi connectivity index (χ1) is 7.50. The number of benzene rings is 1. The molecule has 1 aromatic carbocycles. The summed E-state index contributed by atoms with van der Waals surface area (Å²) in [6.07, 6.45) is 0. The number of anilines is 1. The normalized spacial score (nSPS) is 9.06. The maximum Gasteiger partial charge on any atom is 0.251 e. The van der Waals surface area contributed by atoms with Gasteiger partial charge in [-0.1, -0.05) is 0 Å². The van der Waals surface area contributed by atoms with Crippen molar-refractivity contribution < 1.29 is 9.59 Å². The van der Waals surface area contributed by atoms with Gasteiger partial charge in [0.05, 0.1) is 6.54 Å². The predicted molar refractivity (Wildman–Crippen MR) is 69.1 cm³/mol. The molecule has 2 amide bonds. The van der Waals surface area contributed by atoms with Gasteiger partial charge in [-0.2, -0.15) is 0 Å². The lowest BCUT2D eigenvalue weighted by Crippen LogP contribution is -2.36. The van der Waals surface area contributed by atoms with Crippen LogP contribution in [0.5, 0.6) is 0 Å². The number of nitrogens with one attached hydrogen (secondary N) is 1. The third-order valence-electron chi connectivity index (χ3n) is 2.07. The largest absolute Gasteiger partial charge is 0.399 e. The molecule has 94 valence electrons. The fourth-order valence-corrected chi connectivity index (χ4v) is 1.05. The molecule has 0 heterocycles. The van der Waals surface area contributed by atoms with E-state index in [1.807, 2.05) is 0 Å². The smallest absolute Gasteiger partial charge is 0.251 e. The highest BCUT2D eigenvalue weighted by atomic mass is 35.5. The summed E-state index contributed by atoms with van der Waals surface area (Å²) in [7, 11) is 3.27. The number of carbonyl (C=O) groups excluding carboxylic acids is 2. The molecule has 0 bridgehead atoms. The highest BCUT2D eigenvalue weighted by molar-refractivity contribution is 5.96. The Morgan fingerprint density at radius 3 is 2.24 bits per heavy atom. The van der Waals surface area contributed by atoms with Gasteiger partial charge < -0.3 is 16.0 Å². The summed E-state index contributed by atoms with van der Waals surface area (Å²) in [4.78, 5) is 24.2. The van der Waals surface area contributed by atoms with Crippen molar-refractivity contribution in [2.45, 2.75) is 0 Å². The van der Waals surface area contributed by atoms with Gasteiger partial charge in [-0.3, -0.25) is 9.59 Å². The fourth-order valence-electron chi connectivity index (χ4n) is 1.05. The Labute approximate surface area is 106 Å². The summed E-state index contributed by atoms with van der Waals surface area (Å²) >= 11 is 0. The van der Waals surface area contributed by atoms with Crippen LogP contribution < -0.4 is 11.1 Å². The van der Waals surface area contributed by atoms with Crippen molar-refractivity contribution in [1.29, 1.82) is 0 Å². The molecule has 1 rings (SSSR count). The van der Waals surface area contributed by atoms with Gasteiger partial charge in [-0.05, 0) is 24.3 Å². The number of nitrogen functional groups attached to an aromatic ring is 1. The Balaban J connectivity index is 0.00000256. The molecule has 0 aliphatic rings. The van der Waals surface area contributed by atoms with Crippen LogP contribution in [0.1, 0.15) is 10.4 Å². The first-order valence-corrected chi connectivity index (χ1v) is 4.84. The number of carbonyl (C=O) groups is 2. The molecular formula is C11H16ClN3O2. The van der Waals surface area contributed by atoms with Gasteiger partial charge in [0.25, 0.3) is 5.91 Å². The van der Waals surface area contributed by atoms with Crippen LogP contribution in [0.4, 0.5) is 5.69 Å². The van der Waals surface area contributed by atoms with Gasteiger partial charge in [0, 0.05) is 25.3 Å². The molecule has 6 heteroatoms. The Hall–Kier alpha value is -1.75. The van der Waals surface area contributed by atoms with Crippen LogP contribution in [0.2, 0.25) is 0 Å². The lowest BCUT2D eigenvalue weighted by molar-refractivity contribution is -0.127.